The third-order valence-corrected chi connectivity index (χ3v) is 5.09. The van der Waals surface area contributed by atoms with Crippen molar-refractivity contribution in [2.24, 2.45) is 5.92 Å². The quantitative estimate of drug-likeness (QED) is 0.703. The zero-order valence-corrected chi connectivity index (χ0v) is 13.9. The molecular formula is C21H23N3. The molecule has 0 amide bonds. The molecule has 1 N–H and O–H groups in total. The summed E-state index contributed by atoms with van der Waals surface area (Å²) in [7, 11) is 0. The van der Waals surface area contributed by atoms with Gasteiger partial charge in [-0.05, 0) is 36.5 Å². The van der Waals surface area contributed by atoms with Gasteiger partial charge in [0.1, 0.15) is 5.52 Å². The maximum Gasteiger partial charge on any atom is 0.153 e. The zero-order chi connectivity index (χ0) is 16.2. The van der Waals surface area contributed by atoms with Gasteiger partial charge in [-0.1, -0.05) is 55.7 Å². The summed E-state index contributed by atoms with van der Waals surface area (Å²) in [4.78, 5) is 9.14. The van der Waals surface area contributed by atoms with Crippen molar-refractivity contribution >= 4 is 16.7 Å². The van der Waals surface area contributed by atoms with Gasteiger partial charge in [0.05, 0.1) is 6.04 Å². The van der Waals surface area contributed by atoms with E-state index < -0.39 is 0 Å². The maximum absolute atomic E-state index is 4.59. The van der Waals surface area contributed by atoms with Crippen LogP contribution in [0.1, 0.15) is 43.7 Å². The SMILES string of the molecule is c1ccc(C(Nc2nccc3cccnc23)C2CCCCC2)cc1. The van der Waals surface area contributed by atoms with Crippen LogP contribution < -0.4 is 5.32 Å². The Morgan fingerprint density at radius 1 is 0.833 bits per heavy atom. The van der Waals surface area contributed by atoms with Crippen molar-refractivity contribution in [3.05, 3.63) is 66.5 Å². The first kappa shape index (κ1) is 15.1. The van der Waals surface area contributed by atoms with Gasteiger partial charge in [-0.3, -0.25) is 4.98 Å². The van der Waals surface area contributed by atoms with Crippen LogP contribution in [0.5, 0.6) is 0 Å². The Hall–Kier alpha value is -2.42. The lowest BCUT2D eigenvalue weighted by Crippen LogP contribution is -2.23. The molecule has 1 aromatic carbocycles. The number of rotatable bonds is 4. The minimum atomic E-state index is 0.298. The normalized spacial score (nSPS) is 16.8. The molecule has 1 unspecified atom stereocenters. The standard InChI is InChI=1S/C21H23N3/c1-3-8-16(9-4-1)19(17-10-5-2-6-11-17)24-21-20-18(13-15-23-21)12-7-14-22-20/h1,3-4,7-9,12-15,17,19H,2,5-6,10-11H2,(H,23,24). The molecule has 1 saturated carbocycles. The van der Waals surface area contributed by atoms with Crippen molar-refractivity contribution < 1.29 is 0 Å². The lowest BCUT2D eigenvalue weighted by Gasteiger charge is -2.32. The molecule has 3 heteroatoms. The van der Waals surface area contributed by atoms with E-state index in [-0.39, 0.29) is 0 Å². The fraction of sp³-hybridized carbons (Fsp3) is 0.333. The average molecular weight is 317 g/mol. The van der Waals surface area contributed by atoms with E-state index >= 15 is 0 Å². The molecule has 0 aliphatic heterocycles. The van der Waals surface area contributed by atoms with Gasteiger partial charge in [0.2, 0.25) is 0 Å². The lowest BCUT2D eigenvalue weighted by atomic mass is 9.81. The first-order valence-corrected chi connectivity index (χ1v) is 8.93. The summed E-state index contributed by atoms with van der Waals surface area (Å²) in [5.41, 5.74) is 2.30. The van der Waals surface area contributed by atoms with Crippen molar-refractivity contribution in [3.63, 3.8) is 0 Å². The number of nitrogens with one attached hydrogen (secondary N) is 1. The van der Waals surface area contributed by atoms with Gasteiger partial charge in [-0.15, -0.1) is 0 Å². The van der Waals surface area contributed by atoms with Gasteiger partial charge in [0.15, 0.2) is 5.82 Å². The first-order chi connectivity index (χ1) is 11.9. The van der Waals surface area contributed by atoms with E-state index in [9.17, 15) is 0 Å². The number of nitrogens with zero attached hydrogens (tertiary/aromatic N) is 2. The minimum absolute atomic E-state index is 0.298. The molecule has 3 aromatic rings. The van der Waals surface area contributed by atoms with E-state index in [4.69, 9.17) is 0 Å². The van der Waals surface area contributed by atoms with Crippen molar-refractivity contribution in [2.75, 3.05) is 5.32 Å². The molecule has 1 fully saturated rings. The van der Waals surface area contributed by atoms with Crippen LogP contribution in [0.2, 0.25) is 0 Å². The van der Waals surface area contributed by atoms with Crippen molar-refractivity contribution in [1.82, 2.24) is 9.97 Å². The van der Waals surface area contributed by atoms with Crippen LogP contribution in [0, 0.1) is 5.92 Å². The molecule has 0 radical (unpaired) electrons. The monoisotopic (exact) mass is 317 g/mol. The Balaban J connectivity index is 1.70. The van der Waals surface area contributed by atoms with Crippen LogP contribution in [0.3, 0.4) is 0 Å². The van der Waals surface area contributed by atoms with Gasteiger partial charge < -0.3 is 5.32 Å². The molecule has 3 nitrogen and oxygen atoms in total. The predicted octanol–water partition coefficient (Wildman–Crippen LogP) is 5.36. The molecule has 0 spiro atoms. The number of hydrogen-bond acceptors (Lipinski definition) is 3. The second kappa shape index (κ2) is 7.00. The van der Waals surface area contributed by atoms with Crippen LogP contribution in [-0.4, -0.2) is 9.97 Å². The van der Waals surface area contributed by atoms with Crippen molar-refractivity contribution in [2.45, 2.75) is 38.1 Å². The fourth-order valence-corrected chi connectivity index (χ4v) is 3.86. The molecule has 122 valence electrons. The largest absolute Gasteiger partial charge is 0.361 e. The lowest BCUT2D eigenvalue weighted by molar-refractivity contribution is 0.320. The Morgan fingerprint density at radius 3 is 2.50 bits per heavy atom. The number of fused-ring (bicyclic) bond motifs is 1. The van der Waals surface area contributed by atoms with E-state index in [1.165, 1.54) is 37.7 Å². The Labute approximate surface area is 143 Å². The number of pyridine rings is 2. The highest BCUT2D eigenvalue weighted by molar-refractivity contribution is 5.87. The molecule has 1 atom stereocenters. The minimum Gasteiger partial charge on any atom is -0.361 e. The van der Waals surface area contributed by atoms with Crippen molar-refractivity contribution in [3.8, 4) is 0 Å². The van der Waals surface area contributed by atoms with Gasteiger partial charge in [-0.25, -0.2) is 4.98 Å². The summed E-state index contributed by atoms with van der Waals surface area (Å²) < 4.78 is 0. The third-order valence-electron chi connectivity index (χ3n) is 5.09. The Bertz CT molecular complexity index is 789. The van der Waals surface area contributed by atoms with Crippen LogP contribution >= 0.6 is 0 Å². The molecule has 24 heavy (non-hydrogen) atoms. The van der Waals surface area contributed by atoms with Gasteiger partial charge >= 0.3 is 0 Å². The number of aromatic nitrogens is 2. The highest BCUT2D eigenvalue weighted by Crippen LogP contribution is 2.37. The van der Waals surface area contributed by atoms with Crippen LogP contribution in [-0.2, 0) is 0 Å². The van der Waals surface area contributed by atoms with E-state index in [0.29, 0.717) is 12.0 Å². The topological polar surface area (TPSA) is 37.8 Å². The molecule has 1 aliphatic carbocycles. The molecule has 2 aromatic heterocycles. The van der Waals surface area contributed by atoms with E-state index in [1.54, 1.807) is 0 Å². The average Bonchev–Trinajstić information content (AvgIpc) is 2.67. The molecule has 4 rings (SSSR count). The van der Waals surface area contributed by atoms with Crippen molar-refractivity contribution in [1.29, 1.82) is 0 Å². The van der Waals surface area contributed by atoms with E-state index in [0.717, 1.165) is 16.7 Å². The number of anilines is 1. The second-order valence-corrected chi connectivity index (χ2v) is 6.67. The molecule has 2 heterocycles. The molecule has 1 aliphatic rings. The van der Waals surface area contributed by atoms with E-state index in [1.807, 2.05) is 24.5 Å². The molecule has 0 bridgehead atoms. The summed E-state index contributed by atoms with van der Waals surface area (Å²) in [6, 6.07) is 17.2. The smallest absolute Gasteiger partial charge is 0.153 e. The van der Waals surface area contributed by atoms with Crippen LogP contribution in [0.4, 0.5) is 5.82 Å². The maximum atomic E-state index is 4.59. The first-order valence-electron chi connectivity index (χ1n) is 8.93. The summed E-state index contributed by atoms with van der Waals surface area (Å²) in [5, 5.41) is 4.86. The van der Waals surface area contributed by atoms with Gasteiger partial charge in [0.25, 0.3) is 0 Å². The van der Waals surface area contributed by atoms with E-state index in [2.05, 4.69) is 51.7 Å². The Morgan fingerprint density at radius 2 is 1.67 bits per heavy atom. The molecular weight excluding hydrogens is 294 g/mol. The Kier molecular flexibility index (Phi) is 4.41. The van der Waals surface area contributed by atoms with Crippen LogP contribution in [0.15, 0.2) is 60.9 Å². The van der Waals surface area contributed by atoms with Gasteiger partial charge in [0, 0.05) is 17.8 Å². The third kappa shape index (κ3) is 3.12. The number of hydrogen-bond donors (Lipinski definition) is 1. The summed E-state index contributed by atoms with van der Waals surface area (Å²) in [6.45, 7) is 0. The number of benzene rings is 1. The zero-order valence-electron chi connectivity index (χ0n) is 13.9. The summed E-state index contributed by atoms with van der Waals surface area (Å²) in [6.07, 6.45) is 10.3. The summed E-state index contributed by atoms with van der Waals surface area (Å²) in [5.74, 6) is 1.55. The summed E-state index contributed by atoms with van der Waals surface area (Å²) >= 11 is 0. The highest BCUT2D eigenvalue weighted by atomic mass is 15.0. The van der Waals surface area contributed by atoms with Crippen LogP contribution in [0.25, 0.3) is 10.9 Å². The van der Waals surface area contributed by atoms with Gasteiger partial charge in [-0.2, -0.15) is 0 Å². The second-order valence-electron chi connectivity index (χ2n) is 6.67. The fourth-order valence-electron chi connectivity index (χ4n) is 3.86. The molecule has 0 saturated heterocycles. The predicted molar refractivity (Wildman–Crippen MR) is 98.9 cm³/mol. The highest BCUT2D eigenvalue weighted by Gasteiger charge is 2.25.